The minimum Gasteiger partial charge on any atom is -0.481 e. The summed E-state index contributed by atoms with van der Waals surface area (Å²) in [5, 5.41) is 8.94. The van der Waals surface area contributed by atoms with Crippen LogP contribution in [0, 0.1) is 11.8 Å². The molecule has 3 rings (SSSR count). The van der Waals surface area contributed by atoms with Crippen molar-refractivity contribution in [1.29, 1.82) is 0 Å². The summed E-state index contributed by atoms with van der Waals surface area (Å²) in [6.07, 6.45) is 3.40. The summed E-state index contributed by atoms with van der Waals surface area (Å²) in [6, 6.07) is 2.03. The van der Waals surface area contributed by atoms with Crippen LogP contribution in [0.3, 0.4) is 0 Å². The molecule has 1 aromatic heterocycles. The first kappa shape index (κ1) is 12.7. The Balaban J connectivity index is 1.62. The van der Waals surface area contributed by atoms with Crippen molar-refractivity contribution in [3.05, 3.63) is 21.4 Å². The van der Waals surface area contributed by atoms with Crippen molar-refractivity contribution in [3.63, 3.8) is 0 Å². The third-order valence-corrected chi connectivity index (χ3v) is 5.48. The lowest BCUT2D eigenvalue weighted by Crippen LogP contribution is -2.53. The lowest BCUT2D eigenvalue weighted by atomic mass is 9.87. The highest BCUT2D eigenvalue weighted by atomic mass is 32.1. The van der Waals surface area contributed by atoms with Crippen molar-refractivity contribution in [1.82, 2.24) is 4.90 Å². The molecule has 1 aliphatic carbocycles. The van der Waals surface area contributed by atoms with Crippen molar-refractivity contribution in [2.24, 2.45) is 11.8 Å². The van der Waals surface area contributed by atoms with Crippen LogP contribution < -0.4 is 0 Å². The molecule has 0 saturated carbocycles. The fraction of sp³-hybridized carbons (Fsp3) is 0.571. The third kappa shape index (κ3) is 2.16. The normalized spacial score (nSPS) is 19.9. The second kappa shape index (κ2) is 4.63. The van der Waals surface area contributed by atoms with Gasteiger partial charge in [0.05, 0.1) is 10.8 Å². The van der Waals surface area contributed by atoms with E-state index in [4.69, 9.17) is 5.11 Å². The summed E-state index contributed by atoms with van der Waals surface area (Å²) in [7, 11) is 0. The van der Waals surface area contributed by atoms with E-state index >= 15 is 0 Å². The maximum absolute atomic E-state index is 12.3. The number of amides is 1. The van der Waals surface area contributed by atoms with Crippen LogP contribution in [0.1, 0.15) is 33.5 Å². The molecule has 1 amide bonds. The minimum atomic E-state index is -0.771. The number of carbonyl (C=O) groups excluding carboxylic acids is 1. The molecule has 0 radical (unpaired) electrons. The van der Waals surface area contributed by atoms with E-state index in [1.54, 1.807) is 23.2 Å². The van der Waals surface area contributed by atoms with Gasteiger partial charge in [-0.2, -0.15) is 0 Å². The average molecular weight is 279 g/mol. The molecule has 5 heteroatoms. The Morgan fingerprint density at radius 3 is 2.79 bits per heavy atom. The summed E-state index contributed by atoms with van der Waals surface area (Å²) < 4.78 is 0. The summed E-state index contributed by atoms with van der Waals surface area (Å²) >= 11 is 1.62. The summed E-state index contributed by atoms with van der Waals surface area (Å²) in [5.74, 6) is -0.953. The van der Waals surface area contributed by atoms with Gasteiger partial charge in [-0.25, -0.2) is 0 Å². The first-order valence-electron chi connectivity index (χ1n) is 6.70. The number of thiophene rings is 1. The Kier molecular flexibility index (Phi) is 3.09. The number of nitrogens with zero attached hydrogens (tertiary/aromatic N) is 1. The number of carboxylic acids is 1. The third-order valence-electron chi connectivity index (χ3n) is 4.25. The topological polar surface area (TPSA) is 57.6 Å². The predicted molar refractivity (Wildman–Crippen MR) is 72.5 cm³/mol. The van der Waals surface area contributed by atoms with E-state index in [0.717, 1.165) is 17.7 Å². The molecule has 1 aliphatic heterocycles. The Labute approximate surface area is 116 Å². The van der Waals surface area contributed by atoms with Gasteiger partial charge in [0.1, 0.15) is 0 Å². The molecule has 1 unspecified atom stereocenters. The molecule has 2 heterocycles. The molecule has 1 N–H and O–H groups in total. The van der Waals surface area contributed by atoms with Crippen molar-refractivity contribution in [2.75, 3.05) is 13.1 Å². The van der Waals surface area contributed by atoms with Gasteiger partial charge < -0.3 is 10.0 Å². The number of fused-ring (bicyclic) bond motifs is 1. The fourth-order valence-corrected chi connectivity index (χ4v) is 4.01. The highest BCUT2D eigenvalue weighted by molar-refractivity contribution is 7.14. The van der Waals surface area contributed by atoms with Gasteiger partial charge in [0.2, 0.25) is 0 Å². The Bertz CT molecular complexity index is 509. The fourth-order valence-electron chi connectivity index (χ4n) is 2.79. The monoisotopic (exact) mass is 279 g/mol. The zero-order chi connectivity index (χ0) is 13.6. The highest BCUT2D eigenvalue weighted by Gasteiger charge is 2.38. The lowest BCUT2D eigenvalue weighted by Gasteiger charge is -2.41. The second-order valence-corrected chi connectivity index (χ2v) is 6.65. The Hall–Kier alpha value is -1.36. The van der Waals surface area contributed by atoms with Crippen LogP contribution in [0.4, 0.5) is 0 Å². The number of carboxylic acid groups (broad SMARTS) is 1. The first-order valence-corrected chi connectivity index (χ1v) is 7.51. The summed E-state index contributed by atoms with van der Waals surface area (Å²) in [4.78, 5) is 27.1. The number of likely N-dealkylation sites (tertiary alicyclic amines) is 1. The molecule has 2 aliphatic rings. The van der Waals surface area contributed by atoms with E-state index in [9.17, 15) is 9.59 Å². The van der Waals surface area contributed by atoms with E-state index in [1.807, 2.05) is 6.07 Å². The SMILES string of the molecule is CC(C(=O)O)C1CN(C(=O)c2cc3c(s2)CCC3)C1. The molecular formula is C14H17NO3S. The maximum Gasteiger partial charge on any atom is 0.306 e. The minimum absolute atomic E-state index is 0.0771. The van der Waals surface area contributed by atoms with Gasteiger partial charge in [-0.15, -0.1) is 11.3 Å². The summed E-state index contributed by atoms with van der Waals surface area (Å²) in [5.41, 5.74) is 1.34. The smallest absolute Gasteiger partial charge is 0.306 e. The van der Waals surface area contributed by atoms with Crippen LogP contribution in [0.15, 0.2) is 6.07 Å². The van der Waals surface area contributed by atoms with Crippen molar-refractivity contribution < 1.29 is 14.7 Å². The zero-order valence-electron chi connectivity index (χ0n) is 10.9. The van der Waals surface area contributed by atoms with Crippen LogP contribution in [0.5, 0.6) is 0 Å². The molecule has 0 aromatic carbocycles. The van der Waals surface area contributed by atoms with E-state index in [0.29, 0.717) is 13.1 Å². The molecule has 19 heavy (non-hydrogen) atoms. The van der Waals surface area contributed by atoms with Crippen LogP contribution in [-0.2, 0) is 17.6 Å². The quantitative estimate of drug-likeness (QED) is 0.921. The van der Waals surface area contributed by atoms with Gasteiger partial charge >= 0.3 is 5.97 Å². The van der Waals surface area contributed by atoms with Gasteiger partial charge in [0.15, 0.2) is 0 Å². The summed E-state index contributed by atoms with van der Waals surface area (Å²) in [6.45, 7) is 2.87. The van der Waals surface area contributed by atoms with Crippen molar-refractivity contribution in [3.8, 4) is 0 Å². The standard InChI is InChI=1S/C14H17NO3S/c1-8(14(17)18)10-6-15(7-10)13(16)12-5-9-3-2-4-11(9)19-12/h5,8,10H,2-4,6-7H2,1H3,(H,17,18). The number of aryl methyl sites for hydroxylation is 2. The Morgan fingerprint density at radius 1 is 1.42 bits per heavy atom. The first-order chi connectivity index (χ1) is 9.06. The molecule has 1 fully saturated rings. The van der Waals surface area contributed by atoms with Crippen molar-refractivity contribution in [2.45, 2.75) is 26.2 Å². The van der Waals surface area contributed by atoms with Gasteiger partial charge in [-0.05, 0) is 30.9 Å². The van der Waals surface area contributed by atoms with Crippen LogP contribution in [0.25, 0.3) is 0 Å². The van der Waals surface area contributed by atoms with E-state index in [-0.39, 0.29) is 17.7 Å². The van der Waals surface area contributed by atoms with E-state index in [1.165, 1.54) is 16.9 Å². The van der Waals surface area contributed by atoms with Crippen LogP contribution >= 0.6 is 11.3 Å². The molecule has 1 aromatic rings. The van der Waals surface area contributed by atoms with Gasteiger partial charge in [0.25, 0.3) is 5.91 Å². The van der Waals surface area contributed by atoms with Crippen LogP contribution in [0.2, 0.25) is 0 Å². The Morgan fingerprint density at radius 2 is 2.16 bits per heavy atom. The van der Waals surface area contributed by atoms with E-state index < -0.39 is 5.97 Å². The molecule has 102 valence electrons. The molecule has 1 saturated heterocycles. The van der Waals surface area contributed by atoms with Crippen LogP contribution in [-0.4, -0.2) is 35.0 Å². The second-order valence-electron chi connectivity index (χ2n) is 5.51. The largest absolute Gasteiger partial charge is 0.481 e. The maximum atomic E-state index is 12.3. The predicted octanol–water partition coefficient (Wildman–Crippen LogP) is 2.03. The molecule has 1 atom stereocenters. The van der Waals surface area contributed by atoms with Gasteiger partial charge in [0, 0.05) is 23.9 Å². The van der Waals surface area contributed by atoms with E-state index in [2.05, 4.69) is 0 Å². The number of carbonyl (C=O) groups is 2. The molecule has 0 bridgehead atoms. The molecule has 0 spiro atoms. The molecule has 4 nitrogen and oxygen atoms in total. The molecular weight excluding hydrogens is 262 g/mol. The number of aliphatic carboxylic acids is 1. The van der Waals surface area contributed by atoms with Crippen molar-refractivity contribution >= 4 is 23.2 Å². The number of hydrogen-bond acceptors (Lipinski definition) is 3. The lowest BCUT2D eigenvalue weighted by molar-refractivity contribution is -0.144. The highest BCUT2D eigenvalue weighted by Crippen LogP contribution is 2.33. The average Bonchev–Trinajstić information content (AvgIpc) is 2.85. The number of rotatable bonds is 3. The van der Waals surface area contributed by atoms with Gasteiger partial charge in [-0.3, -0.25) is 9.59 Å². The zero-order valence-corrected chi connectivity index (χ0v) is 11.7. The number of hydrogen-bond donors (Lipinski definition) is 1. The van der Waals surface area contributed by atoms with Gasteiger partial charge in [-0.1, -0.05) is 6.92 Å².